The van der Waals surface area contributed by atoms with E-state index in [9.17, 15) is 13.2 Å². The molecule has 67 valence electrons. The van der Waals surface area contributed by atoms with Crippen LogP contribution in [0.3, 0.4) is 0 Å². The van der Waals surface area contributed by atoms with Gasteiger partial charge in [-0.1, -0.05) is 6.92 Å². The molecule has 0 aliphatic carbocycles. The second-order valence-electron chi connectivity index (χ2n) is 2.30. The zero-order valence-corrected chi connectivity index (χ0v) is 6.61. The van der Waals surface area contributed by atoms with Crippen molar-refractivity contribution in [3.05, 3.63) is 6.42 Å². The molecule has 0 saturated heterocycles. The normalized spacial score (nSPS) is 15.0. The predicted molar refractivity (Wildman–Crippen MR) is 36.1 cm³/mol. The highest BCUT2D eigenvalue weighted by atomic mass is 19.4. The van der Waals surface area contributed by atoms with Gasteiger partial charge in [-0.05, 0) is 13.3 Å². The first-order chi connectivity index (χ1) is 4.95. The van der Waals surface area contributed by atoms with Crippen molar-refractivity contribution in [2.75, 3.05) is 6.61 Å². The summed E-state index contributed by atoms with van der Waals surface area (Å²) >= 11 is 0. The van der Waals surface area contributed by atoms with Gasteiger partial charge >= 0.3 is 6.18 Å². The van der Waals surface area contributed by atoms with Crippen LogP contribution in [0.2, 0.25) is 0 Å². The van der Waals surface area contributed by atoms with Gasteiger partial charge in [-0.2, -0.15) is 13.2 Å². The van der Waals surface area contributed by atoms with Crippen LogP contribution in [0.5, 0.6) is 0 Å². The lowest BCUT2D eigenvalue weighted by Gasteiger charge is -2.10. The molecule has 1 unspecified atom stereocenters. The van der Waals surface area contributed by atoms with E-state index in [1.807, 2.05) is 6.92 Å². The van der Waals surface area contributed by atoms with Gasteiger partial charge in [-0.15, -0.1) is 0 Å². The number of hydrogen-bond acceptors (Lipinski definition) is 1. The second kappa shape index (κ2) is 4.59. The standard InChI is InChI=1S/C7H12F3O/c1-3-6(2)11-5-4-7(8,9)10/h4,6H,3,5H2,1-2H3. The van der Waals surface area contributed by atoms with Gasteiger partial charge in [0, 0.05) is 0 Å². The van der Waals surface area contributed by atoms with Crippen molar-refractivity contribution in [2.24, 2.45) is 0 Å². The Morgan fingerprint density at radius 1 is 1.45 bits per heavy atom. The van der Waals surface area contributed by atoms with Gasteiger partial charge in [0.1, 0.15) is 0 Å². The summed E-state index contributed by atoms with van der Waals surface area (Å²) in [6, 6.07) is 0. The Balaban J connectivity index is 3.28. The first-order valence-electron chi connectivity index (χ1n) is 3.48. The maximum Gasteiger partial charge on any atom is 0.394 e. The molecule has 0 heterocycles. The Bertz CT molecular complexity index is 100. The Morgan fingerprint density at radius 2 is 2.00 bits per heavy atom. The third-order valence-corrected chi connectivity index (χ3v) is 1.27. The number of ether oxygens (including phenoxy) is 1. The molecule has 0 spiro atoms. The highest BCUT2D eigenvalue weighted by molar-refractivity contribution is 4.73. The van der Waals surface area contributed by atoms with E-state index in [2.05, 4.69) is 0 Å². The van der Waals surface area contributed by atoms with Crippen molar-refractivity contribution in [1.29, 1.82) is 0 Å². The summed E-state index contributed by atoms with van der Waals surface area (Å²) in [5, 5.41) is 0. The third kappa shape index (κ3) is 7.65. The van der Waals surface area contributed by atoms with E-state index in [-0.39, 0.29) is 19.1 Å². The molecule has 11 heavy (non-hydrogen) atoms. The SMILES string of the molecule is CCC(C)OC[CH]C(F)(F)F. The third-order valence-electron chi connectivity index (χ3n) is 1.27. The van der Waals surface area contributed by atoms with Crippen LogP contribution < -0.4 is 0 Å². The fraction of sp³-hybridized carbons (Fsp3) is 0.857. The summed E-state index contributed by atoms with van der Waals surface area (Å²) in [5.41, 5.74) is 0. The molecule has 0 aliphatic heterocycles. The number of alkyl halides is 3. The van der Waals surface area contributed by atoms with Gasteiger partial charge in [0.05, 0.1) is 19.1 Å². The fourth-order valence-corrected chi connectivity index (χ4v) is 0.425. The van der Waals surface area contributed by atoms with Gasteiger partial charge in [-0.25, -0.2) is 0 Å². The van der Waals surface area contributed by atoms with Crippen LogP contribution in [-0.2, 0) is 4.74 Å². The molecule has 0 saturated carbocycles. The topological polar surface area (TPSA) is 9.23 Å². The lowest BCUT2D eigenvalue weighted by Crippen LogP contribution is -2.16. The molecular formula is C7H12F3O. The zero-order valence-electron chi connectivity index (χ0n) is 6.61. The molecule has 1 atom stereocenters. The van der Waals surface area contributed by atoms with Gasteiger partial charge in [0.2, 0.25) is 0 Å². The molecule has 0 aromatic rings. The Labute approximate surface area is 64.5 Å². The molecule has 0 aromatic carbocycles. The summed E-state index contributed by atoms with van der Waals surface area (Å²) in [4.78, 5) is 0. The summed E-state index contributed by atoms with van der Waals surface area (Å²) in [6.07, 6.45) is -3.38. The largest absolute Gasteiger partial charge is 0.394 e. The van der Waals surface area contributed by atoms with E-state index in [0.717, 1.165) is 6.42 Å². The maximum absolute atomic E-state index is 11.5. The quantitative estimate of drug-likeness (QED) is 0.628. The fourth-order valence-electron chi connectivity index (χ4n) is 0.425. The monoisotopic (exact) mass is 169 g/mol. The molecule has 0 aliphatic rings. The zero-order chi connectivity index (χ0) is 8.91. The lowest BCUT2D eigenvalue weighted by molar-refractivity contribution is -0.108. The van der Waals surface area contributed by atoms with Gasteiger partial charge in [0.15, 0.2) is 0 Å². The van der Waals surface area contributed by atoms with Crippen molar-refractivity contribution in [2.45, 2.75) is 32.5 Å². The Kier molecular flexibility index (Phi) is 4.49. The summed E-state index contributed by atoms with van der Waals surface area (Å²) < 4.78 is 39.2. The first-order valence-corrected chi connectivity index (χ1v) is 3.48. The van der Waals surface area contributed by atoms with E-state index in [1.165, 1.54) is 0 Å². The molecule has 1 radical (unpaired) electrons. The minimum absolute atomic E-state index is 0.103. The predicted octanol–water partition coefficient (Wildman–Crippen LogP) is 2.57. The van der Waals surface area contributed by atoms with Crippen molar-refractivity contribution >= 4 is 0 Å². The highest BCUT2D eigenvalue weighted by Crippen LogP contribution is 2.18. The van der Waals surface area contributed by atoms with Crippen LogP contribution in [-0.4, -0.2) is 18.9 Å². The summed E-state index contributed by atoms with van der Waals surface area (Å²) in [5.74, 6) is 0. The molecule has 4 heteroatoms. The van der Waals surface area contributed by atoms with E-state index >= 15 is 0 Å². The smallest absolute Gasteiger partial charge is 0.378 e. The Hall–Kier alpha value is -0.250. The van der Waals surface area contributed by atoms with E-state index in [4.69, 9.17) is 4.74 Å². The molecule has 0 aromatic heterocycles. The maximum atomic E-state index is 11.5. The summed E-state index contributed by atoms with van der Waals surface area (Å²) in [7, 11) is 0. The first kappa shape index (κ1) is 10.8. The van der Waals surface area contributed by atoms with Crippen LogP contribution in [0, 0.1) is 6.42 Å². The van der Waals surface area contributed by atoms with Crippen LogP contribution in [0.25, 0.3) is 0 Å². The van der Waals surface area contributed by atoms with E-state index in [0.29, 0.717) is 0 Å². The van der Waals surface area contributed by atoms with Crippen molar-refractivity contribution in [3.63, 3.8) is 0 Å². The van der Waals surface area contributed by atoms with Gasteiger partial charge < -0.3 is 4.74 Å². The molecule has 0 fully saturated rings. The highest BCUT2D eigenvalue weighted by Gasteiger charge is 2.27. The molecule has 0 N–H and O–H groups in total. The molecular weight excluding hydrogens is 157 g/mol. The van der Waals surface area contributed by atoms with Crippen LogP contribution in [0.15, 0.2) is 0 Å². The average molecular weight is 169 g/mol. The van der Waals surface area contributed by atoms with E-state index in [1.54, 1.807) is 6.92 Å². The van der Waals surface area contributed by atoms with E-state index < -0.39 is 6.18 Å². The average Bonchev–Trinajstić information content (AvgIpc) is 1.85. The number of hydrogen-bond donors (Lipinski definition) is 0. The Morgan fingerprint density at radius 3 is 2.36 bits per heavy atom. The van der Waals surface area contributed by atoms with Crippen molar-refractivity contribution in [3.8, 4) is 0 Å². The second-order valence-corrected chi connectivity index (χ2v) is 2.30. The number of halogens is 3. The molecule has 1 nitrogen and oxygen atoms in total. The lowest BCUT2D eigenvalue weighted by atomic mass is 10.3. The van der Waals surface area contributed by atoms with Crippen LogP contribution in [0.4, 0.5) is 13.2 Å². The minimum Gasteiger partial charge on any atom is -0.378 e. The van der Waals surface area contributed by atoms with Gasteiger partial charge in [0.25, 0.3) is 0 Å². The van der Waals surface area contributed by atoms with Crippen LogP contribution in [0.1, 0.15) is 20.3 Å². The van der Waals surface area contributed by atoms with Crippen molar-refractivity contribution in [1.82, 2.24) is 0 Å². The molecule has 0 rings (SSSR count). The molecule has 0 amide bonds. The summed E-state index contributed by atoms with van der Waals surface area (Å²) in [6.45, 7) is 3.25. The van der Waals surface area contributed by atoms with Gasteiger partial charge in [-0.3, -0.25) is 0 Å². The van der Waals surface area contributed by atoms with Crippen molar-refractivity contribution < 1.29 is 17.9 Å². The molecule has 0 bridgehead atoms. The minimum atomic E-state index is -4.21. The number of rotatable bonds is 4. The van der Waals surface area contributed by atoms with Crippen LogP contribution >= 0.6 is 0 Å².